The van der Waals surface area contributed by atoms with Crippen LogP contribution in [0.15, 0.2) is 18.2 Å². The van der Waals surface area contributed by atoms with Crippen molar-refractivity contribution in [3.63, 3.8) is 0 Å². The first-order valence-electron chi connectivity index (χ1n) is 5.56. The molecule has 0 aliphatic heterocycles. The lowest BCUT2D eigenvalue weighted by Crippen LogP contribution is -2.03. The monoisotopic (exact) mass is 271 g/mol. The van der Waals surface area contributed by atoms with E-state index >= 15 is 0 Å². The first-order valence-corrected chi connectivity index (χ1v) is 6.00. The summed E-state index contributed by atoms with van der Waals surface area (Å²) in [5, 5.41) is 7.55. The van der Waals surface area contributed by atoms with Gasteiger partial charge in [-0.3, -0.25) is 0 Å². The molecule has 0 saturated heterocycles. The first kappa shape index (κ1) is 13.0. The maximum absolute atomic E-state index is 13.6. The Kier molecular flexibility index (Phi) is 3.61. The van der Waals surface area contributed by atoms with Crippen LogP contribution in [0.4, 0.5) is 8.78 Å². The molecule has 1 atom stereocenters. The van der Waals surface area contributed by atoms with Crippen molar-refractivity contribution in [1.82, 2.24) is 15.0 Å². The molecular weight excluding hydrogens is 260 g/mol. The van der Waals surface area contributed by atoms with Gasteiger partial charge < -0.3 is 0 Å². The molecule has 0 saturated carbocycles. The zero-order valence-corrected chi connectivity index (χ0v) is 10.7. The van der Waals surface area contributed by atoms with Gasteiger partial charge in [-0.1, -0.05) is 12.1 Å². The van der Waals surface area contributed by atoms with E-state index in [1.807, 2.05) is 6.92 Å². The van der Waals surface area contributed by atoms with Gasteiger partial charge in [-0.2, -0.15) is 0 Å². The van der Waals surface area contributed by atoms with Crippen molar-refractivity contribution in [2.24, 2.45) is 0 Å². The number of benzene rings is 1. The zero-order chi connectivity index (χ0) is 13.3. The molecule has 2 rings (SSSR count). The molecule has 1 aromatic carbocycles. The Morgan fingerprint density at radius 2 is 2.11 bits per heavy atom. The van der Waals surface area contributed by atoms with Crippen molar-refractivity contribution >= 4 is 11.6 Å². The van der Waals surface area contributed by atoms with Gasteiger partial charge in [-0.15, -0.1) is 16.7 Å². The lowest BCUT2D eigenvalue weighted by Gasteiger charge is -2.06. The second-order valence-corrected chi connectivity index (χ2v) is 4.47. The molecule has 6 heteroatoms. The summed E-state index contributed by atoms with van der Waals surface area (Å²) in [5.41, 5.74) is 1.43. The average molecular weight is 272 g/mol. The van der Waals surface area contributed by atoms with Crippen LogP contribution in [-0.4, -0.2) is 15.0 Å². The fraction of sp³-hybridized carbons (Fsp3) is 0.333. The maximum Gasteiger partial charge on any atom is 0.151 e. The molecule has 1 aromatic heterocycles. The number of halogens is 3. The second-order valence-electron chi connectivity index (χ2n) is 3.94. The molecule has 96 valence electrons. The van der Waals surface area contributed by atoms with Crippen molar-refractivity contribution in [2.75, 3.05) is 0 Å². The van der Waals surface area contributed by atoms with Gasteiger partial charge >= 0.3 is 0 Å². The van der Waals surface area contributed by atoms with Gasteiger partial charge in [0.05, 0.1) is 11.1 Å². The van der Waals surface area contributed by atoms with Crippen LogP contribution in [-0.2, 0) is 0 Å². The fourth-order valence-electron chi connectivity index (χ4n) is 1.71. The summed E-state index contributed by atoms with van der Waals surface area (Å²) < 4.78 is 27.8. The Morgan fingerprint density at radius 1 is 1.39 bits per heavy atom. The number of alkyl halides is 1. The molecule has 1 heterocycles. The number of hydrogen-bond donors (Lipinski definition) is 0. The quantitative estimate of drug-likeness (QED) is 0.800. The first-order chi connectivity index (χ1) is 8.54. The third kappa shape index (κ3) is 2.22. The Bertz CT molecular complexity index is 568. The predicted molar refractivity (Wildman–Crippen MR) is 64.9 cm³/mol. The molecule has 18 heavy (non-hydrogen) atoms. The van der Waals surface area contributed by atoms with Gasteiger partial charge in [0.2, 0.25) is 0 Å². The number of hydrogen-bond acceptors (Lipinski definition) is 2. The third-order valence-corrected chi connectivity index (χ3v) is 3.24. The number of rotatable bonds is 3. The van der Waals surface area contributed by atoms with E-state index in [4.69, 9.17) is 11.6 Å². The maximum atomic E-state index is 13.6. The van der Waals surface area contributed by atoms with E-state index in [0.717, 1.165) is 6.07 Å². The van der Waals surface area contributed by atoms with Crippen molar-refractivity contribution < 1.29 is 8.78 Å². The summed E-state index contributed by atoms with van der Waals surface area (Å²) in [4.78, 5) is 0. The Labute approximate surface area is 108 Å². The van der Waals surface area contributed by atoms with Crippen molar-refractivity contribution in [3.8, 4) is 5.69 Å². The molecule has 0 fully saturated rings. The van der Waals surface area contributed by atoms with Gasteiger partial charge in [0.15, 0.2) is 5.82 Å². The molecule has 3 nitrogen and oxygen atoms in total. The SMILES string of the molecule is CCC(Cl)c1nnn(-c2ccc(F)cc2F)c1C. The van der Waals surface area contributed by atoms with Gasteiger partial charge in [0.1, 0.15) is 17.2 Å². The Hall–Kier alpha value is -1.49. The zero-order valence-electron chi connectivity index (χ0n) is 9.99. The van der Waals surface area contributed by atoms with Crippen LogP contribution in [0.3, 0.4) is 0 Å². The smallest absolute Gasteiger partial charge is 0.151 e. The fourth-order valence-corrected chi connectivity index (χ4v) is 1.91. The normalized spacial score (nSPS) is 12.7. The summed E-state index contributed by atoms with van der Waals surface area (Å²) in [6.07, 6.45) is 0.701. The van der Waals surface area contributed by atoms with Crippen molar-refractivity contribution in [2.45, 2.75) is 25.6 Å². The van der Waals surface area contributed by atoms with Crippen LogP contribution in [0.25, 0.3) is 5.69 Å². The molecule has 0 bridgehead atoms. The third-order valence-electron chi connectivity index (χ3n) is 2.72. The standard InChI is InChI=1S/C12H12ClF2N3/c1-3-9(13)12-7(2)18(17-16-12)11-5-4-8(14)6-10(11)15/h4-6,9H,3H2,1-2H3. The van der Waals surface area contributed by atoms with Gasteiger partial charge in [0, 0.05) is 6.07 Å². The van der Waals surface area contributed by atoms with E-state index in [-0.39, 0.29) is 11.1 Å². The second kappa shape index (κ2) is 5.02. The average Bonchev–Trinajstić information content (AvgIpc) is 2.70. The molecular formula is C12H12ClF2N3. The van der Waals surface area contributed by atoms with Gasteiger partial charge in [-0.25, -0.2) is 13.5 Å². The molecule has 0 radical (unpaired) electrons. The van der Waals surface area contributed by atoms with Gasteiger partial charge in [0.25, 0.3) is 0 Å². The summed E-state index contributed by atoms with van der Waals surface area (Å²) in [7, 11) is 0. The summed E-state index contributed by atoms with van der Waals surface area (Å²) >= 11 is 6.09. The molecule has 0 N–H and O–H groups in total. The summed E-state index contributed by atoms with van der Waals surface area (Å²) in [6.45, 7) is 3.68. The highest BCUT2D eigenvalue weighted by atomic mass is 35.5. The van der Waals surface area contributed by atoms with E-state index < -0.39 is 11.6 Å². The highest BCUT2D eigenvalue weighted by Gasteiger charge is 2.18. The molecule has 0 aliphatic rings. The van der Waals surface area contributed by atoms with E-state index in [1.54, 1.807) is 6.92 Å². The minimum Gasteiger partial charge on any atom is -0.215 e. The van der Waals surface area contributed by atoms with Crippen molar-refractivity contribution in [3.05, 3.63) is 41.2 Å². The molecule has 0 aliphatic carbocycles. The van der Waals surface area contributed by atoms with Crippen LogP contribution in [0.2, 0.25) is 0 Å². The van der Waals surface area contributed by atoms with Crippen LogP contribution in [0.5, 0.6) is 0 Å². The summed E-state index contributed by atoms with van der Waals surface area (Å²) in [6, 6.07) is 3.32. The van der Waals surface area contributed by atoms with Crippen LogP contribution < -0.4 is 0 Å². The molecule has 0 amide bonds. The summed E-state index contributed by atoms with van der Waals surface area (Å²) in [5.74, 6) is -1.31. The van der Waals surface area contributed by atoms with E-state index in [9.17, 15) is 8.78 Å². The Morgan fingerprint density at radius 3 is 2.72 bits per heavy atom. The largest absolute Gasteiger partial charge is 0.215 e. The van der Waals surface area contributed by atoms with Crippen LogP contribution in [0, 0.1) is 18.6 Å². The minimum absolute atomic E-state index is 0.160. The van der Waals surface area contributed by atoms with E-state index in [0.29, 0.717) is 17.8 Å². The highest BCUT2D eigenvalue weighted by Crippen LogP contribution is 2.26. The van der Waals surface area contributed by atoms with Crippen LogP contribution in [0.1, 0.15) is 30.1 Å². The number of aromatic nitrogens is 3. The lowest BCUT2D eigenvalue weighted by atomic mass is 10.2. The van der Waals surface area contributed by atoms with Crippen molar-refractivity contribution in [1.29, 1.82) is 0 Å². The molecule has 0 spiro atoms. The van der Waals surface area contributed by atoms with Crippen LogP contribution >= 0.6 is 11.6 Å². The van der Waals surface area contributed by atoms with E-state index in [1.165, 1.54) is 16.8 Å². The molecule has 1 unspecified atom stereocenters. The van der Waals surface area contributed by atoms with Gasteiger partial charge in [-0.05, 0) is 25.5 Å². The Balaban J connectivity index is 2.49. The number of nitrogens with zero attached hydrogens (tertiary/aromatic N) is 3. The topological polar surface area (TPSA) is 30.7 Å². The van der Waals surface area contributed by atoms with E-state index in [2.05, 4.69) is 10.3 Å². The predicted octanol–water partition coefficient (Wildman–Crippen LogP) is 3.54. The minimum atomic E-state index is -0.683. The lowest BCUT2D eigenvalue weighted by molar-refractivity contribution is 0.570. The highest BCUT2D eigenvalue weighted by molar-refractivity contribution is 6.20. The molecule has 2 aromatic rings.